The number of aromatic nitrogens is 1. The van der Waals surface area contributed by atoms with E-state index in [1.165, 1.54) is 18.4 Å². The van der Waals surface area contributed by atoms with E-state index in [1.54, 1.807) is 7.11 Å². The van der Waals surface area contributed by atoms with Gasteiger partial charge in [-0.05, 0) is 30.5 Å². The van der Waals surface area contributed by atoms with Crippen LogP contribution in [0, 0.1) is 0 Å². The highest BCUT2D eigenvalue weighted by molar-refractivity contribution is 5.55. The Morgan fingerprint density at radius 1 is 1.04 bits per heavy atom. The van der Waals surface area contributed by atoms with E-state index in [4.69, 9.17) is 9.15 Å². The first kappa shape index (κ1) is 15.9. The van der Waals surface area contributed by atoms with E-state index in [0.29, 0.717) is 6.04 Å². The normalized spacial score (nSPS) is 14.0. The van der Waals surface area contributed by atoms with E-state index in [9.17, 15) is 0 Å². The Bertz CT molecular complexity index is 807. The molecule has 0 N–H and O–H groups in total. The monoisotopic (exact) mass is 334 g/mol. The number of hydrogen-bond donors (Lipinski definition) is 0. The number of benzene rings is 2. The number of rotatable bonds is 7. The smallest absolute Gasteiger partial charge is 0.209 e. The molecule has 4 rings (SSSR count). The summed E-state index contributed by atoms with van der Waals surface area (Å²) in [6.07, 6.45) is 4.33. The van der Waals surface area contributed by atoms with Gasteiger partial charge in [-0.3, -0.25) is 4.90 Å². The van der Waals surface area contributed by atoms with Crippen LogP contribution in [0.25, 0.3) is 11.3 Å². The second kappa shape index (κ2) is 7.11. The summed E-state index contributed by atoms with van der Waals surface area (Å²) in [5, 5.41) is 0. The van der Waals surface area contributed by atoms with Crippen molar-refractivity contribution in [3.63, 3.8) is 0 Å². The molecule has 1 fully saturated rings. The molecule has 1 aliphatic rings. The van der Waals surface area contributed by atoms with Crippen molar-refractivity contribution in [2.75, 3.05) is 7.11 Å². The van der Waals surface area contributed by atoms with E-state index >= 15 is 0 Å². The van der Waals surface area contributed by atoms with Gasteiger partial charge in [-0.1, -0.05) is 42.5 Å². The van der Waals surface area contributed by atoms with Crippen LogP contribution in [0.3, 0.4) is 0 Å². The number of oxazole rings is 1. The fourth-order valence-corrected chi connectivity index (χ4v) is 3.01. The van der Waals surface area contributed by atoms with Crippen molar-refractivity contribution in [1.29, 1.82) is 0 Å². The molecule has 0 spiro atoms. The van der Waals surface area contributed by atoms with Gasteiger partial charge >= 0.3 is 0 Å². The topological polar surface area (TPSA) is 38.5 Å². The maximum absolute atomic E-state index is 5.98. The molecular formula is C21H22N2O2. The zero-order valence-electron chi connectivity index (χ0n) is 14.4. The van der Waals surface area contributed by atoms with E-state index < -0.39 is 0 Å². The molecule has 0 bridgehead atoms. The third kappa shape index (κ3) is 3.91. The summed E-state index contributed by atoms with van der Waals surface area (Å²) in [7, 11) is 1.69. The molecule has 0 aliphatic heterocycles. The van der Waals surface area contributed by atoms with Gasteiger partial charge < -0.3 is 9.15 Å². The zero-order valence-corrected chi connectivity index (χ0v) is 14.4. The van der Waals surface area contributed by atoms with Crippen molar-refractivity contribution < 1.29 is 9.15 Å². The number of methoxy groups -OCH3 is 1. The SMILES string of the molecule is COc1ccc(CN(Cc2ncc(-c3ccccc3)o2)C2CC2)cc1. The predicted molar refractivity (Wildman–Crippen MR) is 97.2 cm³/mol. The quantitative estimate of drug-likeness (QED) is 0.637. The highest BCUT2D eigenvalue weighted by Gasteiger charge is 2.30. The van der Waals surface area contributed by atoms with Crippen molar-refractivity contribution >= 4 is 0 Å². The largest absolute Gasteiger partial charge is 0.497 e. The summed E-state index contributed by atoms with van der Waals surface area (Å²) in [5.41, 5.74) is 2.34. The van der Waals surface area contributed by atoms with Gasteiger partial charge in [0.05, 0.1) is 19.9 Å². The van der Waals surface area contributed by atoms with Crippen molar-refractivity contribution in [3.8, 4) is 17.1 Å². The van der Waals surface area contributed by atoms with Gasteiger partial charge in [0.1, 0.15) is 5.75 Å². The third-order valence-electron chi connectivity index (χ3n) is 4.56. The highest BCUT2D eigenvalue weighted by atomic mass is 16.5. The Kier molecular flexibility index (Phi) is 4.53. The Morgan fingerprint density at radius 3 is 2.48 bits per heavy atom. The molecule has 1 aliphatic carbocycles. The Balaban J connectivity index is 1.46. The Labute approximate surface area is 148 Å². The fourth-order valence-electron chi connectivity index (χ4n) is 3.01. The number of nitrogens with zero attached hydrogens (tertiary/aromatic N) is 2. The van der Waals surface area contributed by atoms with Gasteiger partial charge in [0, 0.05) is 18.2 Å². The van der Waals surface area contributed by atoms with Crippen molar-refractivity contribution in [3.05, 3.63) is 72.2 Å². The van der Waals surface area contributed by atoms with Crippen molar-refractivity contribution in [2.24, 2.45) is 0 Å². The molecule has 1 saturated carbocycles. The summed E-state index contributed by atoms with van der Waals surface area (Å²) in [6.45, 7) is 1.64. The van der Waals surface area contributed by atoms with Crippen LogP contribution >= 0.6 is 0 Å². The lowest BCUT2D eigenvalue weighted by Gasteiger charge is -2.20. The van der Waals surface area contributed by atoms with Gasteiger partial charge in [-0.15, -0.1) is 0 Å². The van der Waals surface area contributed by atoms with Gasteiger partial charge in [0.25, 0.3) is 0 Å². The van der Waals surface area contributed by atoms with Crippen LogP contribution in [0.4, 0.5) is 0 Å². The van der Waals surface area contributed by atoms with Crippen molar-refractivity contribution in [1.82, 2.24) is 9.88 Å². The molecule has 4 heteroatoms. The molecular weight excluding hydrogens is 312 g/mol. The molecule has 0 atom stereocenters. The van der Waals surface area contributed by atoms with Crippen LogP contribution < -0.4 is 4.74 Å². The molecule has 2 aromatic carbocycles. The van der Waals surface area contributed by atoms with Gasteiger partial charge in [-0.25, -0.2) is 4.98 Å². The molecule has 0 amide bonds. The molecule has 3 aromatic rings. The van der Waals surface area contributed by atoms with Crippen LogP contribution in [0.15, 0.2) is 65.2 Å². The first-order chi connectivity index (χ1) is 12.3. The first-order valence-electron chi connectivity index (χ1n) is 8.69. The Morgan fingerprint density at radius 2 is 1.80 bits per heavy atom. The molecule has 1 aromatic heterocycles. The van der Waals surface area contributed by atoms with Crippen LogP contribution in [-0.4, -0.2) is 23.0 Å². The summed E-state index contributed by atoms with van der Waals surface area (Å²) < 4.78 is 11.2. The minimum atomic E-state index is 0.633. The Hall–Kier alpha value is -2.59. The molecule has 25 heavy (non-hydrogen) atoms. The summed E-state index contributed by atoms with van der Waals surface area (Å²) in [5.74, 6) is 2.50. The minimum Gasteiger partial charge on any atom is -0.497 e. The van der Waals surface area contributed by atoms with Crippen LogP contribution in [0.2, 0.25) is 0 Å². The lowest BCUT2D eigenvalue weighted by molar-refractivity contribution is 0.221. The molecule has 1 heterocycles. The molecule has 4 nitrogen and oxygen atoms in total. The maximum atomic E-state index is 5.98. The first-order valence-corrected chi connectivity index (χ1v) is 8.69. The molecule has 128 valence electrons. The number of hydrogen-bond acceptors (Lipinski definition) is 4. The lowest BCUT2D eigenvalue weighted by Crippen LogP contribution is -2.25. The van der Waals surface area contributed by atoms with Gasteiger partial charge in [-0.2, -0.15) is 0 Å². The lowest BCUT2D eigenvalue weighted by atomic mass is 10.2. The fraction of sp³-hybridized carbons (Fsp3) is 0.286. The number of ether oxygens (including phenoxy) is 1. The average Bonchev–Trinajstić information content (AvgIpc) is 3.41. The minimum absolute atomic E-state index is 0.633. The average molecular weight is 334 g/mol. The second-order valence-corrected chi connectivity index (χ2v) is 6.47. The van der Waals surface area contributed by atoms with E-state index in [-0.39, 0.29) is 0 Å². The molecule has 0 unspecified atom stereocenters. The van der Waals surface area contributed by atoms with E-state index in [2.05, 4.69) is 22.0 Å². The third-order valence-corrected chi connectivity index (χ3v) is 4.56. The van der Waals surface area contributed by atoms with E-state index in [0.717, 1.165) is 36.1 Å². The van der Waals surface area contributed by atoms with Crippen molar-refractivity contribution in [2.45, 2.75) is 32.0 Å². The van der Waals surface area contributed by atoms with Crippen LogP contribution in [0.1, 0.15) is 24.3 Å². The molecule has 0 radical (unpaired) electrons. The second-order valence-electron chi connectivity index (χ2n) is 6.47. The van der Waals surface area contributed by atoms with Gasteiger partial charge in [0.15, 0.2) is 5.76 Å². The summed E-state index contributed by atoms with van der Waals surface area (Å²) in [4.78, 5) is 6.93. The summed E-state index contributed by atoms with van der Waals surface area (Å²) >= 11 is 0. The van der Waals surface area contributed by atoms with Crippen LogP contribution in [-0.2, 0) is 13.1 Å². The highest BCUT2D eigenvalue weighted by Crippen LogP contribution is 2.30. The zero-order chi connectivity index (χ0) is 17.1. The van der Waals surface area contributed by atoms with Crippen LogP contribution in [0.5, 0.6) is 5.75 Å². The molecule has 0 saturated heterocycles. The standard InChI is InChI=1S/C21H22N2O2/c1-24-19-11-7-16(8-12-19)14-23(18-9-10-18)15-21-22-13-20(25-21)17-5-3-2-4-6-17/h2-8,11-13,18H,9-10,14-15H2,1H3. The maximum Gasteiger partial charge on any atom is 0.209 e. The summed E-state index contributed by atoms with van der Waals surface area (Å²) in [6, 6.07) is 19.0. The van der Waals surface area contributed by atoms with Gasteiger partial charge in [0.2, 0.25) is 5.89 Å². The predicted octanol–water partition coefficient (Wildman–Crippen LogP) is 4.51. The van der Waals surface area contributed by atoms with E-state index in [1.807, 2.05) is 48.7 Å².